The number of nitrogens with one attached hydrogen (secondary N) is 1. The van der Waals surface area contributed by atoms with Crippen LogP contribution in [0.3, 0.4) is 0 Å². The fourth-order valence-electron chi connectivity index (χ4n) is 2.44. The van der Waals surface area contributed by atoms with Crippen molar-refractivity contribution in [1.29, 1.82) is 0 Å². The molecule has 6 heteroatoms. The third kappa shape index (κ3) is 3.28. The number of benzene rings is 1. The Kier molecular flexibility index (Phi) is 4.37. The number of nitrogens with zero attached hydrogens (tertiary/aromatic N) is 2. The zero-order valence-electron chi connectivity index (χ0n) is 12.6. The molecule has 1 atom stereocenters. The first kappa shape index (κ1) is 15.2. The average molecular weight is 289 g/mol. The lowest BCUT2D eigenvalue weighted by Crippen LogP contribution is -2.19. The predicted octanol–water partition coefficient (Wildman–Crippen LogP) is 3.36. The summed E-state index contributed by atoms with van der Waals surface area (Å²) >= 11 is 0. The summed E-state index contributed by atoms with van der Waals surface area (Å²) in [5.74, 6) is 0.794. The first-order chi connectivity index (χ1) is 9.90. The molecular weight excluding hydrogens is 270 g/mol. The van der Waals surface area contributed by atoms with Gasteiger partial charge in [-0.3, -0.25) is 10.1 Å². The van der Waals surface area contributed by atoms with Crippen molar-refractivity contribution in [2.24, 2.45) is 0 Å². The van der Waals surface area contributed by atoms with Crippen LogP contribution in [-0.4, -0.2) is 10.1 Å². The quantitative estimate of drug-likeness (QED) is 0.674. The van der Waals surface area contributed by atoms with Crippen LogP contribution in [0.5, 0.6) is 0 Å². The van der Waals surface area contributed by atoms with Gasteiger partial charge >= 0.3 is 0 Å². The molecule has 1 aromatic carbocycles. The zero-order valence-corrected chi connectivity index (χ0v) is 12.6. The Hall–Kier alpha value is -2.21. The van der Waals surface area contributed by atoms with Crippen LogP contribution in [0, 0.1) is 30.9 Å². The van der Waals surface area contributed by atoms with Crippen molar-refractivity contribution in [2.45, 2.75) is 40.3 Å². The van der Waals surface area contributed by atoms with E-state index in [4.69, 9.17) is 4.52 Å². The highest BCUT2D eigenvalue weighted by molar-refractivity contribution is 5.42. The Bertz CT molecular complexity index is 645. The van der Waals surface area contributed by atoms with Crippen LogP contribution < -0.4 is 5.32 Å². The summed E-state index contributed by atoms with van der Waals surface area (Å²) in [5, 5.41) is 18.2. The minimum atomic E-state index is -0.351. The van der Waals surface area contributed by atoms with E-state index in [2.05, 4.69) is 10.5 Å². The topological polar surface area (TPSA) is 81.2 Å². The Morgan fingerprint density at radius 3 is 2.67 bits per heavy atom. The van der Waals surface area contributed by atoms with Crippen LogP contribution in [0.15, 0.2) is 22.7 Å². The van der Waals surface area contributed by atoms with Gasteiger partial charge in [0.25, 0.3) is 5.69 Å². The molecule has 21 heavy (non-hydrogen) atoms. The molecule has 0 aliphatic carbocycles. The van der Waals surface area contributed by atoms with Gasteiger partial charge in [-0.05, 0) is 33.3 Å². The number of aromatic nitrogens is 1. The summed E-state index contributed by atoms with van der Waals surface area (Å²) in [6.45, 7) is 8.09. The monoisotopic (exact) mass is 289 g/mol. The Balaban J connectivity index is 2.10. The maximum Gasteiger partial charge on any atom is 0.272 e. The summed E-state index contributed by atoms with van der Waals surface area (Å²) in [6.07, 6.45) is 0. The van der Waals surface area contributed by atoms with Gasteiger partial charge < -0.3 is 9.84 Å². The maximum atomic E-state index is 11.0. The molecule has 2 rings (SSSR count). The minimum Gasteiger partial charge on any atom is -0.361 e. The van der Waals surface area contributed by atoms with Gasteiger partial charge in [-0.1, -0.05) is 17.3 Å². The predicted molar refractivity (Wildman–Crippen MR) is 79.1 cm³/mol. The van der Waals surface area contributed by atoms with Gasteiger partial charge in [-0.15, -0.1) is 0 Å². The van der Waals surface area contributed by atoms with Crippen molar-refractivity contribution >= 4 is 5.69 Å². The van der Waals surface area contributed by atoms with E-state index in [9.17, 15) is 10.1 Å². The van der Waals surface area contributed by atoms with Crippen LogP contribution in [0.1, 0.15) is 41.1 Å². The number of rotatable bonds is 5. The molecule has 1 unspecified atom stereocenters. The highest BCUT2D eigenvalue weighted by Crippen LogP contribution is 2.23. The molecule has 1 aromatic heterocycles. The normalized spacial score (nSPS) is 12.4. The Labute approximate surface area is 123 Å². The summed E-state index contributed by atoms with van der Waals surface area (Å²) in [7, 11) is 0. The van der Waals surface area contributed by atoms with Crippen molar-refractivity contribution in [3.05, 3.63) is 56.5 Å². The average Bonchev–Trinajstić information content (AvgIpc) is 2.76. The van der Waals surface area contributed by atoms with E-state index in [0.717, 1.165) is 22.6 Å². The van der Waals surface area contributed by atoms with E-state index in [1.807, 2.05) is 26.8 Å². The molecule has 2 aromatic rings. The van der Waals surface area contributed by atoms with E-state index in [0.29, 0.717) is 12.1 Å². The number of hydrogen-bond acceptors (Lipinski definition) is 5. The van der Waals surface area contributed by atoms with Crippen LogP contribution in [-0.2, 0) is 6.54 Å². The molecule has 6 nitrogen and oxygen atoms in total. The standard InChI is InChI=1S/C15H19N3O3/c1-9-5-6-13(7-14(9)18(19)20)8-16-10(2)15-11(3)17-21-12(15)4/h5-7,10,16H,8H2,1-4H3. The minimum absolute atomic E-state index is 0.0663. The Morgan fingerprint density at radius 2 is 2.10 bits per heavy atom. The first-order valence-electron chi connectivity index (χ1n) is 6.80. The van der Waals surface area contributed by atoms with Crippen LogP contribution in [0.25, 0.3) is 0 Å². The van der Waals surface area contributed by atoms with Crippen molar-refractivity contribution in [1.82, 2.24) is 10.5 Å². The molecule has 1 heterocycles. The van der Waals surface area contributed by atoms with E-state index in [-0.39, 0.29) is 16.7 Å². The van der Waals surface area contributed by atoms with Gasteiger partial charge in [0.1, 0.15) is 5.76 Å². The van der Waals surface area contributed by atoms with Gasteiger partial charge in [0.05, 0.1) is 10.6 Å². The van der Waals surface area contributed by atoms with Gasteiger partial charge in [0, 0.05) is 29.8 Å². The van der Waals surface area contributed by atoms with Crippen LogP contribution in [0.4, 0.5) is 5.69 Å². The van der Waals surface area contributed by atoms with E-state index in [1.165, 1.54) is 0 Å². The largest absolute Gasteiger partial charge is 0.361 e. The van der Waals surface area contributed by atoms with Gasteiger partial charge in [0.15, 0.2) is 0 Å². The lowest BCUT2D eigenvalue weighted by molar-refractivity contribution is -0.385. The molecule has 1 N–H and O–H groups in total. The maximum absolute atomic E-state index is 11.0. The Morgan fingerprint density at radius 1 is 1.38 bits per heavy atom. The second kappa shape index (κ2) is 6.05. The smallest absolute Gasteiger partial charge is 0.272 e. The molecule has 0 aliphatic rings. The summed E-state index contributed by atoms with van der Waals surface area (Å²) in [4.78, 5) is 10.6. The van der Waals surface area contributed by atoms with Gasteiger partial charge in [-0.25, -0.2) is 0 Å². The first-order valence-corrected chi connectivity index (χ1v) is 6.80. The van der Waals surface area contributed by atoms with Crippen molar-refractivity contribution in [3.8, 4) is 0 Å². The van der Waals surface area contributed by atoms with E-state index >= 15 is 0 Å². The third-order valence-electron chi connectivity index (χ3n) is 3.60. The molecule has 0 radical (unpaired) electrons. The van der Waals surface area contributed by atoms with Crippen LogP contribution in [0.2, 0.25) is 0 Å². The number of hydrogen-bond donors (Lipinski definition) is 1. The van der Waals surface area contributed by atoms with Crippen LogP contribution >= 0.6 is 0 Å². The van der Waals surface area contributed by atoms with E-state index in [1.54, 1.807) is 19.1 Å². The van der Waals surface area contributed by atoms with Gasteiger partial charge in [0.2, 0.25) is 0 Å². The summed E-state index contributed by atoms with van der Waals surface area (Å²) < 4.78 is 5.16. The molecule has 0 bridgehead atoms. The van der Waals surface area contributed by atoms with Crippen molar-refractivity contribution in [3.63, 3.8) is 0 Å². The number of nitro groups is 1. The molecule has 0 saturated carbocycles. The van der Waals surface area contributed by atoms with E-state index < -0.39 is 0 Å². The summed E-state index contributed by atoms with van der Waals surface area (Å²) in [5.41, 5.74) is 3.60. The molecule has 112 valence electrons. The fourth-order valence-corrected chi connectivity index (χ4v) is 2.44. The number of nitro benzene ring substituents is 1. The molecule has 0 saturated heterocycles. The second-order valence-electron chi connectivity index (χ2n) is 5.22. The number of aryl methyl sites for hydroxylation is 3. The molecule has 0 fully saturated rings. The molecule has 0 spiro atoms. The molecule has 0 aliphatic heterocycles. The summed E-state index contributed by atoms with van der Waals surface area (Å²) in [6, 6.07) is 5.35. The molecule has 0 amide bonds. The zero-order chi connectivity index (χ0) is 15.6. The highest BCUT2D eigenvalue weighted by atomic mass is 16.6. The van der Waals surface area contributed by atoms with Gasteiger partial charge in [-0.2, -0.15) is 0 Å². The lowest BCUT2D eigenvalue weighted by atomic mass is 10.1. The van der Waals surface area contributed by atoms with Crippen molar-refractivity contribution < 1.29 is 9.45 Å². The van der Waals surface area contributed by atoms with Crippen molar-refractivity contribution in [2.75, 3.05) is 0 Å². The third-order valence-corrected chi connectivity index (χ3v) is 3.60. The molecular formula is C15H19N3O3. The highest BCUT2D eigenvalue weighted by Gasteiger charge is 2.16. The SMILES string of the molecule is Cc1ccc(CNC(C)c2c(C)noc2C)cc1[N+](=O)[O-]. The lowest BCUT2D eigenvalue weighted by Gasteiger charge is -2.13. The second-order valence-corrected chi connectivity index (χ2v) is 5.22. The fraction of sp³-hybridized carbons (Fsp3) is 0.400.